The molecule has 3 atom stereocenters. The average molecular weight is 296 g/mol. The molecule has 20 heavy (non-hydrogen) atoms. The zero-order valence-corrected chi connectivity index (χ0v) is 12.3. The first-order valence-corrected chi connectivity index (χ1v) is 7.06. The SMILES string of the molecule is Cc1cc(Cl)ccc1NC(=O)C1CC(C)CC1C(=O)O. The lowest BCUT2D eigenvalue weighted by atomic mass is 9.95. The molecular formula is C15H18ClNO3. The maximum atomic E-state index is 12.3. The molecule has 1 aliphatic rings. The molecule has 4 nitrogen and oxygen atoms in total. The number of rotatable bonds is 3. The number of aryl methyl sites for hydroxylation is 1. The third-order valence-corrected chi connectivity index (χ3v) is 4.13. The van der Waals surface area contributed by atoms with E-state index in [1.54, 1.807) is 18.2 Å². The zero-order chi connectivity index (χ0) is 14.9. The number of halogens is 1. The number of amides is 1. The minimum Gasteiger partial charge on any atom is -0.481 e. The van der Waals surface area contributed by atoms with Crippen LogP contribution in [0.2, 0.25) is 5.02 Å². The van der Waals surface area contributed by atoms with Gasteiger partial charge < -0.3 is 10.4 Å². The Balaban J connectivity index is 2.13. The minimum atomic E-state index is -0.887. The third-order valence-electron chi connectivity index (χ3n) is 3.90. The van der Waals surface area contributed by atoms with Gasteiger partial charge in [0.25, 0.3) is 0 Å². The monoisotopic (exact) mass is 295 g/mol. The van der Waals surface area contributed by atoms with E-state index in [2.05, 4.69) is 5.32 Å². The van der Waals surface area contributed by atoms with Crippen LogP contribution in [0.3, 0.4) is 0 Å². The summed E-state index contributed by atoms with van der Waals surface area (Å²) in [5, 5.41) is 12.6. The van der Waals surface area contributed by atoms with Gasteiger partial charge in [-0.2, -0.15) is 0 Å². The van der Waals surface area contributed by atoms with Gasteiger partial charge in [-0.05, 0) is 49.4 Å². The Morgan fingerprint density at radius 1 is 1.30 bits per heavy atom. The van der Waals surface area contributed by atoms with Gasteiger partial charge in [-0.25, -0.2) is 0 Å². The third kappa shape index (κ3) is 3.12. The molecule has 0 aliphatic heterocycles. The molecule has 0 radical (unpaired) electrons. The second-order valence-corrected chi connectivity index (χ2v) is 6.01. The predicted molar refractivity (Wildman–Crippen MR) is 77.8 cm³/mol. The second kappa shape index (κ2) is 5.83. The summed E-state index contributed by atoms with van der Waals surface area (Å²) in [5.74, 6) is -1.89. The minimum absolute atomic E-state index is 0.216. The normalized spacial score (nSPS) is 25.4. The van der Waals surface area contributed by atoms with Gasteiger partial charge in [0, 0.05) is 10.7 Å². The Labute approximate surface area is 123 Å². The lowest BCUT2D eigenvalue weighted by Crippen LogP contribution is -2.30. The lowest BCUT2D eigenvalue weighted by molar-refractivity contribution is -0.145. The average Bonchev–Trinajstić information content (AvgIpc) is 2.75. The van der Waals surface area contributed by atoms with Crippen LogP contribution >= 0.6 is 11.6 Å². The topological polar surface area (TPSA) is 66.4 Å². The fraction of sp³-hybridized carbons (Fsp3) is 0.467. The molecule has 1 saturated carbocycles. The lowest BCUT2D eigenvalue weighted by Gasteiger charge is -2.16. The fourth-order valence-corrected chi connectivity index (χ4v) is 3.07. The number of carbonyl (C=O) groups excluding carboxylic acids is 1. The van der Waals surface area contributed by atoms with Crippen LogP contribution in [0.4, 0.5) is 5.69 Å². The Morgan fingerprint density at radius 2 is 1.95 bits per heavy atom. The van der Waals surface area contributed by atoms with E-state index in [1.165, 1.54) is 0 Å². The molecule has 1 aliphatic carbocycles. The molecule has 2 rings (SSSR count). The van der Waals surface area contributed by atoms with E-state index >= 15 is 0 Å². The van der Waals surface area contributed by atoms with Crippen LogP contribution in [0.1, 0.15) is 25.3 Å². The largest absolute Gasteiger partial charge is 0.481 e. The summed E-state index contributed by atoms with van der Waals surface area (Å²) in [6.45, 7) is 3.84. The molecule has 1 fully saturated rings. The Bertz CT molecular complexity index is 544. The van der Waals surface area contributed by atoms with Crippen molar-refractivity contribution in [3.63, 3.8) is 0 Å². The molecule has 0 heterocycles. The van der Waals surface area contributed by atoms with E-state index in [0.717, 1.165) is 5.56 Å². The van der Waals surface area contributed by atoms with Gasteiger partial charge in [-0.3, -0.25) is 9.59 Å². The Morgan fingerprint density at radius 3 is 2.55 bits per heavy atom. The highest BCUT2D eigenvalue weighted by atomic mass is 35.5. The first-order valence-electron chi connectivity index (χ1n) is 6.68. The summed E-state index contributed by atoms with van der Waals surface area (Å²) in [7, 11) is 0. The maximum Gasteiger partial charge on any atom is 0.307 e. The number of hydrogen-bond donors (Lipinski definition) is 2. The number of carboxylic acid groups (broad SMARTS) is 1. The van der Waals surface area contributed by atoms with Crippen LogP contribution < -0.4 is 5.32 Å². The van der Waals surface area contributed by atoms with Crippen molar-refractivity contribution in [3.05, 3.63) is 28.8 Å². The van der Waals surface area contributed by atoms with Crippen molar-refractivity contribution in [1.29, 1.82) is 0 Å². The number of benzene rings is 1. The van der Waals surface area contributed by atoms with Crippen molar-refractivity contribution in [1.82, 2.24) is 0 Å². The molecule has 0 bridgehead atoms. The van der Waals surface area contributed by atoms with Crippen molar-refractivity contribution in [2.24, 2.45) is 17.8 Å². The highest BCUT2D eigenvalue weighted by Crippen LogP contribution is 2.37. The number of carboxylic acids is 1. The quantitative estimate of drug-likeness (QED) is 0.899. The van der Waals surface area contributed by atoms with E-state index in [4.69, 9.17) is 11.6 Å². The van der Waals surface area contributed by atoms with Crippen LogP contribution in [0.25, 0.3) is 0 Å². The van der Waals surface area contributed by atoms with Gasteiger partial charge in [0.2, 0.25) is 5.91 Å². The molecule has 5 heteroatoms. The summed E-state index contributed by atoms with van der Waals surface area (Å²) in [4.78, 5) is 23.5. The highest BCUT2D eigenvalue weighted by Gasteiger charge is 2.41. The van der Waals surface area contributed by atoms with E-state index in [0.29, 0.717) is 23.6 Å². The Kier molecular flexibility index (Phi) is 4.33. The first-order chi connectivity index (χ1) is 9.38. The highest BCUT2D eigenvalue weighted by molar-refractivity contribution is 6.30. The molecule has 3 unspecified atom stereocenters. The molecule has 0 spiro atoms. The summed E-state index contributed by atoms with van der Waals surface area (Å²) < 4.78 is 0. The standard InChI is InChI=1S/C15H18ClNO3/c1-8-5-11(12(6-8)15(19)20)14(18)17-13-4-3-10(16)7-9(13)2/h3-4,7-8,11-12H,5-6H2,1-2H3,(H,17,18)(H,19,20). The number of aliphatic carboxylic acids is 1. The molecule has 0 saturated heterocycles. The van der Waals surface area contributed by atoms with Crippen LogP contribution in [-0.2, 0) is 9.59 Å². The molecule has 2 N–H and O–H groups in total. The van der Waals surface area contributed by atoms with Crippen molar-refractivity contribution in [2.45, 2.75) is 26.7 Å². The van der Waals surface area contributed by atoms with E-state index in [9.17, 15) is 14.7 Å². The van der Waals surface area contributed by atoms with Crippen LogP contribution in [0.5, 0.6) is 0 Å². The van der Waals surface area contributed by atoms with Gasteiger partial charge in [0.1, 0.15) is 0 Å². The summed E-state index contributed by atoms with van der Waals surface area (Å²) in [5.41, 5.74) is 1.55. The van der Waals surface area contributed by atoms with Gasteiger partial charge >= 0.3 is 5.97 Å². The molecule has 1 aromatic rings. The van der Waals surface area contributed by atoms with E-state index in [1.807, 2.05) is 13.8 Å². The van der Waals surface area contributed by atoms with Crippen molar-refractivity contribution >= 4 is 29.2 Å². The number of carbonyl (C=O) groups is 2. The second-order valence-electron chi connectivity index (χ2n) is 5.58. The van der Waals surface area contributed by atoms with Gasteiger partial charge in [-0.1, -0.05) is 18.5 Å². The van der Waals surface area contributed by atoms with Crippen LogP contribution in [0.15, 0.2) is 18.2 Å². The summed E-state index contributed by atoms with van der Waals surface area (Å²) >= 11 is 5.87. The zero-order valence-electron chi connectivity index (χ0n) is 11.5. The summed E-state index contributed by atoms with van der Waals surface area (Å²) in [6, 6.07) is 5.21. The predicted octanol–water partition coefficient (Wildman–Crippen LogP) is 3.33. The molecule has 1 aromatic carbocycles. The first kappa shape index (κ1) is 14.9. The smallest absolute Gasteiger partial charge is 0.307 e. The number of hydrogen-bond acceptors (Lipinski definition) is 2. The van der Waals surface area contributed by atoms with Crippen LogP contribution in [-0.4, -0.2) is 17.0 Å². The van der Waals surface area contributed by atoms with Gasteiger partial charge in [0.15, 0.2) is 0 Å². The summed E-state index contributed by atoms with van der Waals surface area (Å²) in [6.07, 6.45) is 1.18. The van der Waals surface area contributed by atoms with Crippen molar-refractivity contribution in [3.8, 4) is 0 Å². The van der Waals surface area contributed by atoms with E-state index in [-0.39, 0.29) is 11.8 Å². The molecule has 108 valence electrons. The van der Waals surface area contributed by atoms with Gasteiger partial charge in [-0.15, -0.1) is 0 Å². The number of nitrogens with one attached hydrogen (secondary N) is 1. The van der Waals surface area contributed by atoms with Gasteiger partial charge in [0.05, 0.1) is 11.8 Å². The Hall–Kier alpha value is -1.55. The van der Waals surface area contributed by atoms with Crippen LogP contribution in [0, 0.1) is 24.7 Å². The molecule has 1 amide bonds. The van der Waals surface area contributed by atoms with Crippen molar-refractivity contribution in [2.75, 3.05) is 5.32 Å². The fourth-order valence-electron chi connectivity index (χ4n) is 2.85. The number of anilines is 1. The molecule has 0 aromatic heterocycles. The van der Waals surface area contributed by atoms with E-state index < -0.39 is 17.8 Å². The maximum absolute atomic E-state index is 12.3. The molecular weight excluding hydrogens is 278 g/mol. The van der Waals surface area contributed by atoms with Crippen molar-refractivity contribution < 1.29 is 14.7 Å².